The van der Waals surface area contributed by atoms with Gasteiger partial charge < -0.3 is 5.32 Å². The lowest BCUT2D eigenvalue weighted by Crippen LogP contribution is -2.45. The van der Waals surface area contributed by atoms with Crippen molar-refractivity contribution >= 4 is 21.8 Å². The van der Waals surface area contributed by atoms with Crippen LogP contribution in [0.5, 0.6) is 0 Å². The summed E-state index contributed by atoms with van der Waals surface area (Å²) in [5, 5.41) is 2.83. The molecule has 1 rings (SSSR count). The van der Waals surface area contributed by atoms with Crippen molar-refractivity contribution in [3.05, 3.63) is 35.1 Å². The molecule has 2 nitrogen and oxygen atoms in total. The molecule has 0 aliphatic rings. The highest BCUT2D eigenvalue weighted by molar-refractivity contribution is 9.09. The third-order valence-corrected chi connectivity index (χ3v) is 3.73. The first kappa shape index (κ1) is 15.9. The van der Waals surface area contributed by atoms with Crippen LogP contribution in [0.4, 0.5) is 17.6 Å². The molecule has 106 valence electrons. The second-order valence-corrected chi connectivity index (χ2v) is 5.22. The van der Waals surface area contributed by atoms with Gasteiger partial charge in [-0.15, -0.1) is 0 Å². The zero-order valence-corrected chi connectivity index (χ0v) is 11.8. The van der Waals surface area contributed by atoms with E-state index in [2.05, 4.69) is 21.2 Å². The van der Waals surface area contributed by atoms with E-state index in [0.29, 0.717) is 23.5 Å². The van der Waals surface area contributed by atoms with Crippen molar-refractivity contribution in [3.8, 4) is 0 Å². The molecule has 0 saturated carbocycles. The number of nitrogens with one attached hydrogen (secondary N) is 1. The molecule has 0 atom stereocenters. The van der Waals surface area contributed by atoms with Gasteiger partial charge in [0.1, 0.15) is 5.82 Å². The van der Waals surface area contributed by atoms with Crippen LogP contribution in [0.25, 0.3) is 0 Å². The smallest absolute Gasteiger partial charge is 0.346 e. The Labute approximate surface area is 116 Å². The van der Waals surface area contributed by atoms with Crippen molar-refractivity contribution < 1.29 is 22.4 Å². The monoisotopic (exact) mass is 341 g/mol. The fourth-order valence-corrected chi connectivity index (χ4v) is 1.42. The third kappa shape index (κ3) is 4.19. The Hall–Kier alpha value is -1.11. The molecule has 0 aliphatic carbocycles. The standard InChI is InChI=1S/C12H12BrF4NO/c1-11(2,6-13)18-10(19)8-5-7(12(15,16)17)3-4-9(8)14/h3-5H,6H2,1-2H3,(H,18,19). The fraction of sp³-hybridized carbons (Fsp3) is 0.417. The molecule has 0 saturated heterocycles. The number of amides is 1. The van der Waals surface area contributed by atoms with Crippen LogP contribution in [0.1, 0.15) is 29.8 Å². The van der Waals surface area contributed by atoms with Crippen LogP contribution >= 0.6 is 15.9 Å². The topological polar surface area (TPSA) is 29.1 Å². The van der Waals surface area contributed by atoms with Crippen LogP contribution in [-0.4, -0.2) is 16.8 Å². The molecule has 0 bridgehead atoms. The molecule has 0 spiro atoms. The van der Waals surface area contributed by atoms with Crippen molar-refractivity contribution in [1.82, 2.24) is 5.32 Å². The summed E-state index contributed by atoms with van der Waals surface area (Å²) in [6.07, 6.45) is -4.62. The lowest BCUT2D eigenvalue weighted by molar-refractivity contribution is -0.137. The van der Waals surface area contributed by atoms with Crippen molar-refractivity contribution in [2.24, 2.45) is 0 Å². The zero-order chi connectivity index (χ0) is 14.8. The summed E-state index contributed by atoms with van der Waals surface area (Å²) in [5.74, 6) is -1.87. The van der Waals surface area contributed by atoms with Gasteiger partial charge in [-0.25, -0.2) is 4.39 Å². The van der Waals surface area contributed by atoms with Crippen molar-refractivity contribution in [2.45, 2.75) is 25.6 Å². The Bertz CT molecular complexity index is 485. The van der Waals surface area contributed by atoms with E-state index in [9.17, 15) is 22.4 Å². The van der Waals surface area contributed by atoms with Crippen LogP contribution in [-0.2, 0) is 6.18 Å². The quantitative estimate of drug-likeness (QED) is 0.658. The number of hydrogen-bond acceptors (Lipinski definition) is 1. The first-order chi connectivity index (χ1) is 8.57. The van der Waals surface area contributed by atoms with E-state index < -0.39 is 34.6 Å². The minimum absolute atomic E-state index is 0.381. The molecule has 0 unspecified atom stereocenters. The van der Waals surface area contributed by atoms with Crippen LogP contribution in [0.15, 0.2) is 18.2 Å². The molecule has 0 heterocycles. The summed E-state index contributed by atoms with van der Waals surface area (Å²) < 4.78 is 51.0. The number of alkyl halides is 4. The SMILES string of the molecule is CC(C)(CBr)NC(=O)c1cc(C(F)(F)F)ccc1F. The number of hydrogen-bond donors (Lipinski definition) is 1. The maximum Gasteiger partial charge on any atom is 0.416 e. The number of benzene rings is 1. The van der Waals surface area contributed by atoms with Crippen LogP contribution in [0.3, 0.4) is 0 Å². The van der Waals surface area contributed by atoms with Gasteiger partial charge in [0.05, 0.1) is 11.1 Å². The minimum atomic E-state index is -4.62. The summed E-state index contributed by atoms with van der Waals surface area (Å²) >= 11 is 3.15. The number of carbonyl (C=O) groups is 1. The van der Waals surface area contributed by atoms with Gasteiger partial charge in [0.25, 0.3) is 5.91 Å². The molecular formula is C12H12BrF4NO. The van der Waals surface area contributed by atoms with E-state index in [-0.39, 0.29) is 0 Å². The summed E-state index contributed by atoms with van der Waals surface area (Å²) in [6, 6.07) is 1.75. The highest BCUT2D eigenvalue weighted by Gasteiger charge is 2.32. The van der Waals surface area contributed by atoms with Gasteiger partial charge in [-0.2, -0.15) is 13.2 Å². The molecule has 0 radical (unpaired) electrons. The Morgan fingerprint density at radius 3 is 2.37 bits per heavy atom. The van der Waals surface area contributed by atoms with Gasteiger partial charge in [-0.3, -0.25) is 4.79 Å². The third-order valence-electron chi connectivity index (χ3n) is 2.32. The van der Waals surface area contributed by atoms with E-state index in [1.807, 2.05) is 0 Å². The lowest BCUT2D eigenvalue weighted by Gasteiger charge is -2.23. The molecule has 1 amide bonds. The van der Waals surface area contributed by atoms with Gasteiger partial charge in [0.15, 0.2) is 0 Å². The number of rotatable bonds is 3. The Morgan fingerprint density at radius 1 is 1.32 bits per heavy atom. The predicted molar refractivity (Wildman–Crippen MR) is 66.7 cm³/mol. The number of carbonyl (C=O) groups excluding carboxylic acids is 1. The normalized spacial score (nSPS) is 12.4. The molecular weight excluding hydrogens is 330 g/mol. The van der Waals surface area contributed by atoms with Crippen molar-refractivity contribution in [2.75, 3.05) is 5.33 Å². The van der Waals surface area contributed by atoms with Crippen LogP contribution in [0, 0.1) is 5.82 Å². The zero-order valence-electron chi connectivity index (χ0n) is 10.2. The van der Waals surface area contributed by atoms with Crippen LogP contribution < -0.4 is 5.32 Å². The molecule has 0 aromatic heterocycles. The molecule has 1 aromatic rings. The van der Waals surface area contributed by atoms with E-state index >= 15 is 0 Å². The van der Waals surface area contributed by atoms with E-state index in [1.54, 1.807) is 13.8 Å². The molecule has 0 fully saturated rings. The maximum atomic E-state index is 13.4. The Balaban J connectivity index is 3.10. The van der Waals surface area contributed by atoms with E-state index in [0.717, 1.165) is 0 Å². The highest BCUT2D eigenvalue weighted by atomic mass is 79.9. The highest BCUT2D eigenvalue weighted by Crippen LogP contribution is 2.30. The first-order valence-electron chi connectivity index (χ1n) is 5.32. The first-order valence-corrected chi connectivity index (χ1v) is 6.44. The molecule has 7 heteroatoms. The second kappa shape index (κ2) is 5.48. The molecule has 1 aromatic carbocycles. The number of halogens is 5. The summed E-state index contributed by atoms with van der Waals surface area (Å²) in [5.41, 5.74) is -2.38. The summed E-state index contributed by atoms with van der Waals surface area (Å²) in [7, 11) is 0. The second-order valence-electron chi connectivity index (χ2n) is 4.66. The minimum Gasteiger partial charge on any atom is -0.346 e. The van der Waals surface area contributed by atoms with E-state index in [1.165, 1.54) is 0 Å². The van der Waals surface area contributed by atoms with E-state index in [4.69, 9.17) is 0 Å². The van der Waals surface area contributed by atoms with Crippen molar-refractivity contribution in [3.63, 3.8) is 0 Å². The molecule has 0 aliphatic heterocycles. The van der Waals surface area contributed by atoms with Crippen molar-refractivity contribution in [1.29, 1.82) is 0 Å². The van der Waals surface area contributed by atoms with Gasteiger partial charge in [0, 0.05) is 10.9 Å². The molecule has 1 N–H and O–H groups in total. The maximum absolute atomic E-state index is 13.4. The summed E-state index contributed by atoms with van der Waals surface area (Å²) in [6.45, 7) is 3.32. The predicted octanol–water partition coefficient (Wildman–Crippen LogP) is 3.75. The Kier molecular flexibility index (Phi) is 4.60. The average Bonchev–Trinajstić information content (AvgIpc) is 2.27. The van der Waals surface area contributed by atoms with Gasteiger partial charge >= 0.3 is 6.18 Å². The van der Waals surface area contributed by atoms with Gasteiger partial charge in [0.2, 0.25) is 0 Å². The van der Waals surface area contributed by atoms with Gasteiger partial charge in [-0.05, 0) is 32.0 Å². The summed E-state index contributed by atoms with van der Waals surface area (Å²) in [4.78, 5) is 11.8. The largest absolute Gasteiger partial charge is 0.416 e. The Morgan fingerprint density at radius 2 is 1.89 bits per heavy atom. The fourth-order valence-electron chi connectivity index (χ4n) is 1.28. The van der Waals surface area contributed by atoms with Crippen LogP contribution in [0.2, 0.25) is 0 Å². The lowest BCUT2D eigenvalue weighted by atomic mass is 10.1. The van der Waals surface area contributed by atoms with Gasteiger partial charge in [-0.1, -0.05) is 15.9 Å². The average molecular weight is 342 g/mol. The molecule has 19 heavy (non-hydrogen) atoms.